The zero-order valence-electron chi connectivity index (χ0n) is 9.68. The van der Waals surface area contributed by atoms with Crippen molar-refractivity contribution < 1.29 is 4.42 Å². The number of hydrogen-bond donors (Lipinski definition) is 1. The van der Waals surface area contributed by atoms with Gasteiger partial charge in [-0.2, -0.15) is 0 Å². The standard InChI is InChI=1S/C12H17N3O/c1-10(6-12-4-3-5-16-12)14-8-11-7-13-9-15(11)2/h3-5,7,9-10,14H,6,8H2,1-2H3. The Balaban J connectivity index is 1.80. The van der Waals surface area contributed by atoms with Crippen molar-refractivity contribution in [1.29, 1.82) is 0 Å². The molecule has 0 aliphatic heterocycles. The highest BCUT2D eigenvalue weighted by molar-refractivity contribution is 5.01. The Kier molecular flexibility index (Phi) is 3.41. The maximum Gasteiger partial charge on any atom is 0.105 e. The second kappa shape index (κ2) is 4.99. The Bertz CT molecular complexity index is 419. The van der Waals surface area contributed by atoms with E-state index in [0.717, 1.165) is 18.7 Å². The summed E-state index contributed by atoms with van der Waals surface area (Å²) < 4.78 is 7.33. The molecule has 0 amide bonds. The van der Waals surface area contributed by atoms with Crippen molar-refractivity contribution in [2.45, 2.75) is 25.9 Å². The average Bonchev–Trinajstić information content (AvgIpc) is 2.87. The highest BCUT2D eigenvalue weighted by atomic mass is 16.3. The maximum atomic E-state index is 5.31. The van der Waals surface area contributed by atoms with Crippen molar-refractivity contribution in [2.24, 2.45) is 7.05 Å². The predicted octanol–water partition coefficient (Wildman–Crippen LogP) is 1.73. The molecule has 0 fully saturated rings. The van der Waals surface area contributed by atoms with Crippen molar-refractivity contribution in [3.8, 4) is 0 Å². The van der Waals surface area contributed by atoms with Gasteiger partial charge in [-0.05, 0) is 19.1 Å². The van der Waals surface area contributed by atoms with Crippen LogP contribution in [0.2, 0.25) is 0 Å². The molecule has 0 radical (unpaired) electrons. The molecule has 86 valence electrons. The number of nitrogens with zero attached hydrogens (tertiary/aromatic N) is 2. The highest BCUT2D eigenvalue weighted by Gasteiger charge is 2.06. The van der Waals surface area contributed by atoms with E-state index in [-0.39, 0.29) is 0 Å². The molecule has 0 saturated carbocycles. The molecular weight excluding hydrogens is 202 g/mol. The largest absolute Gasteiger partial charge is 0.469 e. The summed E-state index contributed by atoms with van der Waals surface area (Å²) in [5.41, 5.74) is 1.19. The molecular formula is C12H17N3O. The first-order valence-electron chi connectivity index (χ1n) is 5.46. The van der Waals surface area contributed by atoms with Gasteiger partial charge in [0.1, 0.15) is 5.76 Å². The number of furan rings is 1. The van der Waals surface area contributed by atoms with Gasteiger partial charge in [0.25, 0.3) is 0 Å². The molecule has 0 spiro atoms. The van der Waals surface area contributed by atoms with E-state index in [9.17, 15) is 0 Å². The van der Waals surface area contributed by atoms with Crippen LogP contribution in [-0.4, -0.2) is 15.6 Å². The van der Waals surface area contributed by atoms with Gasteiger partial charge in [0, 0.05) is 32.3 Å². The monoisotopic (exact) mass is 219 g/mol. The molecule has 0 aliphatic carbocycles. The zero-order valence-corrected chi connectivity index (χ0v) is 9.68. The van der Waals surface area contributed by atoms with E-state index < -0.39 is 0 Å². The molecule has 1 unspecified atom stereocenters. The third-order valence-electron chi connectivity index (χ3n) is 2.64. The highest BCUT2D eigenvalue weighted by Crippen LogP contribution is 2.04. The van der Waals surface area contributed by atoms with Crippen molar-refractivity contribution in [1.82, 2.24) is 14.9 Å². The number of nitrogens with one attached hydrogen (secondary N) is 1. The van der Waals surface area contributed by atoms with E-state index in [2.05, 4.69) is 17.2 Å². The Morgan fingerprint density at radius 2 is 2.44 bits per heavy atom. The Morgan fingerprint density at radius 1 is 1.56 bits per heavy atom. The molecule has 2 heterocycles. The van der Waals surface area contributed by atoms with E-state index in [1.807, 2.05) is 36.3 Å². The van der Waals surface area contributed by atoms with E-state index >= 15 is 0 Å². The molecule has 0 saturated heterocycles. The fraction of sp³-hybridized carbons (Fsp3) is 0.417. The topological polar surface area (TPSA) is 43.0 Å². The van der Waals surface area contributed by atoms with Crippen molar-refractivity contribution in [3.05, 3.63) is 42.4 Å². The van der Waals surface area contributed by atoms with Gasteiger partial charge in [0.15, 0.2) is 0 Å². The maximum absolute atomic E-state index is 5.31. The van der Waals surface area contributed by atoms with E-state index in [1.54, 1.807) is 6.26 Å². The van der Waals surface area contributed by atoms with Gasteiger partial charge >= 0.3 is 0 Å². The molecule has 16 heavy (non-hydrogen) atoms. The number of hydrogen-bond acceptors (Lipinski definition) is 3. The molecule has 0 aliphatic rings. The van der Waals surface area contributed by atoms with Gasteiger partial charge in [0.2, 0.25) is 0 Å². The van der Waals surface area contributed by atoms with Crippen LogP contribution in [-0.2, 0) is 20.0 Å². The minimum atomic E-state index is 0.390. The first-order chi connectivity index (χ1) is 7.75. The fourth-order valence-electron chi connectivity index (χ4n) is 1.64. The third kappa shape index (κ3) is 2.73. The summed E-state index contributed by atoms with van der Waals surface area (Å²) in [4.78, 5) is 4.08. The molecule has 2 aromatic heterocycles. The summed E-state index contributed by atoms with van der Waals surface area (Å²) in [6.07, 6.45) is 6.31. The Labute approximate surface area is 95.3 Å². The van der Waals surface area contributed by atoms with Gasteiger partial charge < -0.3 is 14.3 Å². The minimum absolute atomic E-state index is 0.390. The van der Waals surface area contributed by atoms with Crippen LogP contribution in [0.15, 0.2) is 35.3 Å². The van der Waals surface area contributed by atoms with Crippen molar-refractivity contribution >= 4 is 0 Å². The van der Waals surface area contributed by atoms with Crippen LogP contribution in [0.4, 0.5) is 0 Å². The summed E-state index contributed by atoms with van der Waals surface area (Å²) in [7, 11) is 2.00. The molecule has 2 rings (SSSR count). The second-order valence-corrected chi connectivity index (χ2v) is 4.06. The number of imidazole rings is 1. The van der Waals surface area contributed by atoms with E-state index in [4.69, 9.17) is 4.42 Å². The van der Waals surface area contributed by atoms with Gasteiger partial charge in [-0.3, -0.25) is 0 Å². The lowest BCUT2D eigenvalue weighted by atomic mass is 10.2. The van der Waals surface area contributed by atoms with Gasteiger partial charge in [-0.25, -0.2) is 4.98 Å². The Hall–Kier alpha value is -1.55. The lowest BCUT2D eigenvalue weighted by Crippen LogP contribution is -2.28. The first kappa shape index (κ1) is 11.0. The summed E-state index contributed by atoms with van der Waals surface area (Å²) in [6, 6.07) is 4.31. The predicted molar refractivity (Wildman–Crippen MR) is 61.9 cm³/mol. The van der Waals surface area contributed by atoms with Crippen LogP contribution in [0.25, 0.3) is 0 Å². The van der Waals surface area contributed by atoms with E-state index in [1.165, 1.54) is 5.69 Å². The summed E-state index contributed by atoms with van der Waals surface area (Å²) >= 11 is 0. The average molecular weight is 219 g/mol. The van der Waals surface area contributed by atoms with Crippen LogP contribution >= 0.6 is 0 Å². The lowest BCUT2D eigenvalue weighted by molar-refractivity contribution is 0.453. The Morgan fingerprint density at radius 3 is 3.06 bits per heavy atom. The van der Waals surface area contributed by atoms with Gasteiger partial charge in [-0.15, -0.1) is 0 Å². The fourth-order valence-corrected chi connectivity index (χ4v) is 1.64. The summed E-state index contributed by atoms with van der Waals surface area (Å²) in [5, 5.41) is 3.44. The molecule has 4 heteroatoms. The number of rotatable bonds is 5. The first-order valence-corrected chi connectivity index (χ1v) is 5.46. The van der Waals surface area contributed by atoms with Crippen molar-refractivity contribution in [3.63, 3.8) is 0 Å². The molecule has 0 aromatic carbocycles. The van der Waals surface area contributed by atoms with E-state index in [0.29, 0.717) is 6.04 Å². The molecule has 0 bridgehead atoms. The van der Waals surface area contributed by atoms with Gasteiger partial charge in [0.05, 0.1) is 18.3 Å². The molecule has 4 nitrogen and oxygen atoms in total. The molecule has 1 N–H and O–H groups in total. The summed E-state index contributed by atoms with van der Waals surface area (Å²) in [5.74, 6) is 1.02. The van der Waals surface area contributed by atoms with Crippen LogP contribution in [0.3, 0.4) is 0 Å². The van der Waals surface area contributed by atoms with Crippen LogP contribution in [0.5, 0.6) is 0 Å². The normalized spacial score (nSPS) is 12.9. The number of aryl methyl sites for hydroxylation is 1. The molecule has 2 aromatic rings. The minimum Gasteiger partial charge on any atom is -0.469 e. The second-order valence-electron chi connectivity index (χ2n) is 4.06. The lowest BCUT2D eigenvalue weighted by Gasteiger charge is -2.12. The van der Waals surface area contributed by atoms with Crippen LogP contribution in [0.1, 0.15) is 18.4 Å². The smallest absolute Gasteiger partial charge is 0.105 e. The van der Waals surface area contributed by atoms with Crippen LogP contribution < -0.4 is 5.32 Å². The van der Waals surface area contributed by atoms with Crippen LogP contribution in [0, 0.1) is 0 Å². The number of aromatic nitrogens is 2. The summed E-state index contributed by atoms with van der Waals surface area (Å²) in [6.45, 7) is 2.98. The molecule has 1 atom stereocenters. The van der Waals surface area contributed by atoms with Crippen molar-refractivity contribution in [2.75, 3.05) is 0 Å². The zero-order chi connectivity index (χ0) is 11.4. The third-order valence-corrected chi connectivity index (χ3v) is 2.64. The van der Waals surface area contributed by atoms with Gasteiger partial charge in [-0.1, -0.05) is 0 Å². The SMILES string of the molecule is CC(Cc1ccco1)NCc1cncn1C. The quantitative estimate of drug-likeness (QED) is 0.833.